The number of hydrogen-bond donors (Lipinski definition) is 0. The summed E-state index contributed by atoms with van der Waals surface area (Å²) in [5.41, 5.74) is 1.12. The summed E-state index contributed by atoms with van der Waals surface area (Å²) >= 11 is 0. The fraction of sp³-hybridized carbons (Fsp3) is 0.312. The summed E-state index contributed by atoms with van der Waals surface area (Å²) in [4.78, 5) is 13.9. The topological polar surface area (TPSA) is 70.8 Å². The molecule has 23 heavy (non-hydrogen) atoms. The third-order valence-electron chi connectivity index (χ3n) is 3.82. The average molecular weight is 334 g/mol. The highest BCUT2D eigenvalue weighted by molar-refractivity contribution is 7.93. The van der Waals surface area contributed by atoms with Crippen LogP contribution in [0.5, 0.6) is 0 Å². The van der Waals surface area contributed by atoms with Crippen LogP contribution in [0.4, 0.5) is 5.69 Å². The van der Waals surface area contributed by atoms with Gasteiger partial charge in [0.15, 0.2) is 0 Å². The Kier molecular flexibility index (Phi) is 4.12. The Morgan fingerprint density at radius 3 is 2.57 bits per heavy atom. The molecule has 3 rings (SSSR count). The van der Waals surface area contributed by atoms with E-state index in [1.165, 1.54) is 4.31 Å². The molecule has 0 spiro atoms. The molecule has 1 fully saturated rings. The van der Waals surface area contributed by atoms with Gasteiger partial charge in [-0.25, -0.2) is 8.42 Å². The number of sulfonamides is 1. The predicted molar refractivity (Wildman–Crippen MR) is 86.7 cm³/mol. The highest BCUT2D eigenvalue weighted by atomic mass is 32.2. The molecule has 1 aromatic heterocycles. The summed E-state index contributed by atoms with van der Waals surface area (Å²) < 4.78 is 30.4. The van der Waals surface area contributed by atoms with Crippen LogP contribution in [0.15, 0.2) is 47.1 Å². The second kappa shape index (κ2) is 6.08. The predicted octanol–water partition coefficient (Wildman–Crippen LogP) is 2.09. The Morgan fingerprint density at radius 1 is 1.26 bits per heavy atom. The zero-order valence-electron chi connectivity index (χ0n) is 12.8. The zero-order chi connectivity index (χ0) is 16.4. The van der Waals surface area contributed by atoms with Crippen LogP contribution in [0, 0.1) is 0 Å². The number of carbonyl (C=O) groups is 1. The molecule has 1 aromatic carbocycles. The Morgan fingerprint density at radius 2 is 2.00 bits per heavy atom. The summed E-state index contributed by atoms with van der Waals surface area (Å²) in [6.07, 6.45) is 2.20. The largest absolute Gasteiger partial charge is 0.467 e. The molecule has 7 heteroatoms. The minimum atomic E-state index is -3.20. The van der Waals surface area contributed by atoms with Crippen molar-refractivity contribution < 1.29 is 17.6 Å². The van der Waals surface area contributed by atoms with E-state index < -0.39 is 10.0 Å². The molecule has 122 valence electrons. The zero-order valence-corrected chi connectivity index (χ0v) is 13.6. The maximum Gasteiger partial charge on any atom is 0.254 e. The molecule has 0 aliphatic carbocycles. The number of rotatable bonds is 4. The van der Waals surface area contributed by atoms with Crippen LogP contribution in [0.2, 0.25) is 0 Å². The van der Waals surface area contributed by atoms with Gasteiger partial charge in [-0.15, -0.1) is 0 Å². The van der Waals surface area contributed by atoms with Crippen molar-refractivity contribution >= 4 is 21.6 Å². The van der Waals surface area contributed by atoms with Gasteiger partial charge in [0.1, 0.15) is 5.76 Å². The molecule has 2 aromatic rings. The smallest absolute Gasteiger partial charge is 0.254 e. The Balaban J connectivity index is 1.73. The van der Waals surface area contributed by atoms with Crippen LogP contribution in [-0.4, -0.2) is 38.6 Å². The molecular weight excluding hydrogens is 316 g/mol. The molecule has 0 N–H and O–H groups in total. The van der Waals surface area contributed by atoms with Gasteiger partial charge in [0.05, 0.1) is 24.2 Å². The van der Waals surface area contributed by atoms with Gasteiger partial charge in [0.25, 0.3) is 5.91 Å². The van der Waals surface area contributed by atoms with E-state index in [0.717, 1.165) is 0 Å². The number of anilines is 1. The van der Waals surface area contributed by atoms with E-state index in [9.17, 15) is 13.2 Å². The number of benzene rings is 1. The molecule has 1 aliphatic heterocycles. The maximum absolute atomic E-state index is 12.4. The van der Waals surface area contributed by atoms with E-state index in [-0.39, 0.29) is 11.7 Å². The van der Waals surface area contributed by atoms with Gasteiger partial charge in [-0.1, -0.05) is 0 Å². The molecule has 2 heterocycles. The van der Waals surface area contributed by atoms with Crippen LogP contribution in [0.3, 0.4) is 0 Å². The monoisotopic (exact) mass is 334 g/mol. The molecular formula is C16H18N2O4S. The lowest BCUT2D eigenvalue weighted by molar-refractivity contribution is 0.0775. The highest BCUT2D eigenvalue weighted by Crippen LogP contribution is 2.24. The Bertz CT molecular complexity index is 782. The molecule has 0 atom stereocenters. The number of carbonyl (C=O) groups excluding carboxylic acids is 1. The lowest BCUT2D eigenvalue weighted by atomic mass is 10.2. The van der Waals surface area contributed by atoms with Crippen molar-refractivity contribution in [1.29, 1.82) is 0 Å². The Hall–Kier alpha value is -2.28. The van der Waals surface area contributed by atoms with Crippen LogP contribution < -0.4 is 4.31 Å². The summed E-state index contributed by atoms with van der Waals surface area (Å²) in [5.74, 6) is 0.748. The first-order valence-electron chi connectivity index (χ1n) is 7.36. The molecule has 6 nitrogen and oxygen atoms in total. The van der Waals surface area contributed by atoms with Crippen LogP contribution in [0.25, 0.3) is 0 Å². The number of hydrogen-bond acceptors (Lipinski definition) is 4. The van der Waals surface area contributed by atoms with Gasteiger partial charge in [0.2, 0.25) is 10.0 Å². The molecule has 1 amide bonds. The average Bonchev–Trinajstić information content (AvgIpc) is 3.15. The van der Waals surface area contributed by atoms with E-state index in [4.69, 9.17) is 4.42 Å². The summed E-state index contributed by atoms with van der Waals surface area (Å²) in [7, 11) is -1.50. The molecule has 0 saturated carbocycles. The lowest BCUT2D eigenvalue weighted by Gasteiger charge is -2.18. The second-order valence-corrected chi connectivity index (χ2v) is 7.54. The Labute approximate surface area is 135 Å². The van der Waals surface area contributed by atoms with E-state index >= 15 is 0 Å². The number of amides is 1. The first-order chi connectivity index (χ1) is 11.0. The van der Waals surface area contributed by atoms with Crippen LogP contribution in [0.1, 0.15) is 22.5 Å². The van der Waals surface area contributed by atoms with Crippen molar-refractivity contribution in [3.8, 4) is 0 Å². The first-order valence-corrected chi connectivity index (χ1v) is 8.96. The molecule has 0 bridgehead atoms. The summed E-state index contributed by atoms with van der Waals surface area (Å²) in [6, 6.07) is 10.3. The van der Waals surface area contributed by atoms with E-state index in [2.05, 4.69) is 0 Å². The minimum Gasteiger partial charge on any atom is -0.467 e. The summed E-state index contributed by atoms with van der Waals surface area (Å²) in [5, 5.41) is 0. The fourth-order valence-corrected chi connectivity index (χ4v) is 4.19. The minimum absolute atomic E-state index is 0.141. The lowest BCUT2D eigenvalue weighted by Crippen LogP contribution is -2.27. The van der Waals surface area contributed by atoms with Gasteiger partial charge in [0, 0.05) is 19.2 Å². The maximum atomic E-state index is 12.4. The van der Waals surface area contributed by atoms with Gasteiger partial charge in [-0.2, -0.15) is 0 Å². The highest BCUT2D eigenvalue weighted by Gasteiger charge is 2.28. The van der Waals surface area contributed by atoms with Crippen molar-refractivity contribution in [3.05, 3.63) is 54.0 Å². The van der Waals surface area contributed by atoms with E-state index in [1.807, 2.05) is 6.07 Å². The van der Waals surface area contributed by atoms with Gasteiger partial charge >= 0.3 is 0 Å². The van der Waals surface area contributed by atoms with E-state index in [0.29, 0.717) is 36.5 Å². The number of furan rings is 1. The van der Waals surface area contributed by atoms with Crippen LogP contribution in [-0.2, 0) is 16.6 Å². The van der Waals surface area contributed by atoms with Gasteiger partial charge < -0.3 is 9.32 Å². The third-order valence-corrected chi connectivity index (χ3v) is 5.69. The normalized spacial score (nSPS) is 16.5. The van der Waals surface area contributed by atoms with Crippen molar-refractivity contribution in [2.45, 2.75) is 13.0 Å². The molecule has 1 saturated heterocycles. The fourth-order valence-electron chi connectivity index (χ4n) is 2.63. The third kappa shape index (κ3) is 3.24. The van der Waals surface area contributed by atoms with E-state index in [1.54, 1.807) is 48.5 Å². The molecule has 1 aliphatic rings. The molecule has 0 radical (unpaired) electrons. The second-order valence-electron chi connectivity index (χ2n) is 5.53. The van der Waals surface area contributed by atoms with Gasteiger partial charge in [-0.05, 0) is 42.8 Å². The van der Waals surface area contributed by atoms with Crippen molar-refractivity contribution in [1.82, 2.24) is 4.90 Å². The number of nitrogens with zero attached hydrogens (tertiary/aromatic N) is 2. The molecule has 0 unspecified atom stereocenters. The standard InChI is InChI=1S/C16H18N2O4S/c1-17(12-15-4-2-10-22-15)16(19)13-5-7-14(8-6-13)18-9-3-11-23(18,20)21/h2,4-8,10H,3,9,11-12H2,1H3. The van der Waals surface area contributed by atoms with Crippen molar-refractivity contribution in [2.24, 2.45) is 0 Å². The first kappa shape index (κ1) is 15.6. The van der Waals surface area contributed by atoms with Crippen molar-refractivity contribution in [3.63, 3.8) is 0 Å². The van der Waals surface area contributed by atoms with Gasteiger partial charge in [-0.3, -0.25) is 9.10 Å². The SMILES string of the molecule is CN(Cc1ccco1)C(=O)c1ccc(N2CCCS2(=O)=O)cc1. The summed E-state index contributed by atoms with van der Waals surface area (Å²) in [6.45, 7) is 0.877. The van der Waals surface area contributed by atoms with Crippen LogP contribution >= 0.6 is 0 Å². The quantitative estimate of drug-likeness (QED) is 0.858. The van der Waals surface area contributed by atoms with Crippen molar-refractivity contribution in [2.75, 3.05) is 23.7 Å².